The molecule has 2 N–H and O–H groups in total. The van der Waals surface area contributed by atoms with Gasteiger partial charge in [-0.3, -0.25) is 4.57 Å². The second-order valence-electron chi connectivity index (χ2n) is 3.89. The van der Waals surface area contributed by atoms with Crippen LogP contribution >= 0.6 is 23.6 Å². The number of rotatable bonds is 3. The number of para-hydroxylation sites is 1. The molecule has 6 heteroatoms. The molecule has 1 aromatic heterocycles. The van der Waals surface area contributed by atoms with Crippen molar-refractivity contribution in [3.63, 3.8) is 0 Å². The molecule has 0 bridgehead atoms. The molecule has 0 aliphatic rings. The number of esters is 1. The van der Waals surface area contributed by atoms with Gasteiger partial charge in [-0.15, -0.1) is 0 Å². The number of nitrogens with two attached hydrogens (primary N) is 1. The number of methoxy groups -OCH3 is 1. The fraction of sp³-hybridized carbons (Fsp3) is 0.231. The second-order valence-corrected chi connectivity index (χ2v) is 5.54. The van der Waals surface area contributed by atoms with Crippen LogP contribution < -0.4 is 5.73 Å². The molecule has 0 aliphatic carbocycles. The van der Waals surface area contributed by atoms with Crippen molar-refractivity contribution in [2.45, 2.75) is 13.3 Å². The maximum Gasteiger partial charge on any atom is 0.351 e. The van der Waals surface area contributed by atoms with Gasteiger partial charge in [-0.05, 0) is 30.3 Å². The third-order valence-electron chi connectivity index (χ3n) is 2.83. The highest BCUT2D eigenvalue weighted by Crippen LogP contribution is 2.28. The van der Waals surface area contributed by atoms with E-state index in [4.69, 9.17) is 22.7 Å². The minimum Gasteiger partial charge on any atom is -0.465 e. The van der Waals surface area contributed by atoms with E-state index in [9.17, 15) is 4.79 Å². The van der Waals surface area contributed by atoms with E-state index in [0.717, 1.165) is 17.7 Å². The van der Waals surface area contributed by atoms with Gasteiger partial charge in [-0.25, -0.2) is 4.79 Å². The lowest BCUT2D eigenvalue weighted by molar-refractivity contribution is 0.0607. The molecule has 1 heterocycles. The molecule has 0 fully saturated rings. The standard InChI is InChI=1S/C13H14N2O2S2/c1-3-8-6-4-5-7-9(8)15-11(14)10(12(16)17-2)19-13(15)18/h4-7H,3,14H2,1-2H3. The Morgan fingerprint density at radius 1 is 1.47 bits per heavy atom. The van der Waals surface area contributed by atoms with Crippen LogP contribution in [0.2, 0.25) is 0 Å². The highest BCUT2D eigenvalue weighted by molar-refractivity contribution is 7.73. The van der Waals surface area contributed by atoms with Crippen molar-refractivity contribution in [2.75, 3.05) is 12.8 Å². The normalized spacial score (nSPS) is 10.4. The van der Waals surface area contributed by atoms with Crippen LogP contribution in [0.4, 0.5) is 5.82 Å². The van der Waals surface area contributed by atoms with E-state index in [2.05, 4.69) is 6.92 Å². The molecule has 0 saturated carbocycles. The number of carbonyl (C=O) groups excluding carboxylic acids is 1. The molecule has 0 saturated heterocycles. The van der Waals surface area contributed by atoms with Gasteiger partial charge in [0.2, 0.25) is 0 Å². The summed E-state index contributed by atoms with van der Waals surface area (Å²) in [5.41, 5.74) is 8.08. The van der Waals surface area contributed by atoms with Gasteiger partial charge in [0.25, 0.3) is 0 Å². The first-order valence-corrected chi connectivity index (χ1v) is 7.00. The minimum atomic E-state index is -0.457. The number of hydrogen-bond acceptors (Lipinski definition) is 5. The maximum absolute atomic E-state index is 11.6. The first-order chi connectivity index (χ1) is 9.10. The van der Waals surface area contributed by atoms with Crippen molar-refractivity contribution >= 4 is 35.3 Å². The van der Waals surface area contributed by atoms with Gasteiger partial charge in [0.15, 0.2) is 8.83 Å². The summed E-state index contributed by atoms with van der Waals surface area (Å²) in [6.07, 6.45) is 0.862. The number of aryl methyl sites for hydroxylation is 1. The van der Waals surface area contributed by atoms with Crippen LogP contribution in [0.15, 0.2) is 24.3 Å². The van der Waals surface area contributed by atoms with Crippen molar-refractivity contribution in [1.29, 1.82) is 0 Å². The van der Waals surface area contributed by atoms with E-state index >= 15 is 0 Å². The first-order valence-electron chi connectivity index (χ1n) is 5.78. The largest absolute Gasteiger partial charge is 0.465 e. The summed E-state index contributed by atoms with van der Waals surface area (Å²) in [4.78, 5) is 12.0. The Morgan fingerprint density at radius 2 is 2.16 bits per heavy atom. The molecule has 100 valence electrons. The third-order valence-corrected chi connectivity index (χ3v) is 4.20. The predicted molar refractivity (Wildman–Crippen MR) is 79.6 cm³/mol. The van der Waals surface area contributed by atoms with Gasteiger partial charge < -0.3 is 10.5 Å². The van der Waals surface area contributed by atoms with E-state index < -0.39 is 5.97 Å². The lowest BCUT2D eigenvalue weighted by atomic mass is 10.1. The lowest BCUT2D eigenvalue weighted by Gasteiger charge is -2.10. The fourth-order valence-corrected chi connectivity index (χ4v) is 3.15. The van der Waals surface area contributed by atoms with Crippen LogP contribution in [0.1, 0.15) is 22.2 Å². The number of ether oxygens (including phenoxy) is 1. The molecular formula is C13H14N2O2S2. The SMILES string of the molecule is CCc1ccccc1-n1c(N)c(C(=O)OC)sc1=S. The van der Waals surface area contributed by atoms with Gasteiger partial charge in [0.1, 0.15) is 5.82 Å². The lowest BCUT2D eigenvalue weighted by Crippen LogP contribution is -2.07. The van der Waals surface area contributed by atoms with Crippen LogP contribution in [0.5, 0.6) is 0 Å². The number of hydrogen-bond donors (Lipinski definition) is 1. The number of anilines is 1. The Morgan fingerprint density at radius 3 is 2.79 bits per heavy atom. The van der Waals surface area contributed by atoms with Crippen molar-refractivity contribution in [2.24, 2.45) is 0 Å². The van der Waals surface area contributed by atoms with Crippen LogP contribution in [0.25, 0.3) is 5.69 Å². The molecule has 0 unspecified atom stereocenters. The average molecular weight is 294 g/mol. The van der Waals surface area contributed by atoms with Crippen LogP contribution in [0, 0.1) is 3.95 Å². The number of nitrogens with zero attached hydrogens (tertiary/aromatic N) is 1. The van der Waals surface area contributed by atoms with E-state index in [0.29, 0.717) is 14.6 Å². The summed E-state index contributed by atoms with van der Waals surface area (Å²) >= 11 is 6.48. The summed E-state index contributed by atoms with van der Waals surface area (Å²) < 4.78 is 6.98. The molecule has 0 amide bonds. The number of benzene rings is 1. The van der Waals surface area contributed by atoms with E-state index in [1.165, 1.54) is 18.4 Å². The molecule has 0 spiro atoms. The molecular weight excluding hydrogens is 280 g/mol. The summed E-state index contributed by atoms with van der Waals surface area (Å²) in [6.45, 7) is 2.06. The molecule has 0 radical (unpaired) electrons. The molecule has 1 aromatic carbocycles. The van der Waals surface area contributed by atoms with Crippen molar-refractivity contribution in [1.82, 2.24) is 4.57 Å². The quantitative estimate of drug-likeness (QED) is 0.697. The number of thiazole rings is 1. The van der Waals surface area contributed by atoms with E-state index in [1.54, 1.807) is 4.57 Å². The summed E-state index contributed by atoms with van der Waals surface area (Å²) in [7, 11) is 1.33. The van der Waals surface area contributed by atoms with E-state index in [1.807, 2.05) is 24.3 Å². The topological polar surface area (TPSA) is 57.2 Å². The fourth-order valence-electron chi connectivity index (χ4n) is 1.88. The average Bonchev–Trinajstić information content (AvgIpc) is 2.73. The third kappa shape index (κ3) is 2.41. The van der Waals surface area contributed by atoms with Crippen molar-refractivity contribution < 1.29 is 9.53 Å². The Kier molecular flexibility index (Phi) is 4.01. The van der Waals surface area contributed by atoms with Crippen molar-refractivity contribution in [3.05, 3.63) is 38.7 Å². The summed E-state index contributed by atoms with van der Waals surface area (Å²) in [5.74, 6) is -0.121. The Balaban J connectivity index is 2.67. The van der Waals surface area contributed by atoms with Gasteiger partial charge in [0, 0.05) is 0 Å². The predicted octanol–water partition coefficient (Wildman–Crippen LogP) is 3.20. The monoisotopic (exact) mass is 294 g/mol. The van der Waals surface area contributed by atoms with Gasteiger partial charge in [-0.2, -0.15) is 0 Å². The number of carbonyl (C=O) groups is 1. The molecule has 2 aromatic rings. The first kappa shape index (κ1) is 13.8. The molecule has 2 rings (SSSR count). The summed E-state index contributed by atoms with van der Waals surface area (Å²) in [5, 5.41) is 0. The Bertz CT molecular complexity index is 674. The zero-order valence-electron chi connectivity index (χ0n) is 10.7. The highest BCUT2D eigenvalue weighted by Gasteiger charge is 2.19. The molecule has 19 heavy (non-hydrogen) atoms. The number of aromatic nitrogens is 1. The van der Waals surface area contributed by atoms with Gasteiger partial charge >= 0.3 is 5.97 Å². The molecule has 0 aliphatic heterocycles. The van der Waals surface area contributed by atoms with E-state index in [-0.39, 0.29) is 0 Å². The zero-order chi connectivity index (χ0) is 14.0. The smallest absolute Gasteiger partial charge is 0.351 e. The maximum atomic E-state index is 11.6. The van der Waals surface area contributed by atoms with Crippen LogP contribution in [-0.2, 0) is 11.2 Å². The van der Waals surface area contributed by atoms with Gasteiger partial charge in [-0.1, -0.05) is 36.5 Å². The van der Waals surface area contributed by atoms with Crippen molar-refractivity contribution in [3.8, 4) is 5.69 Å². The number of nitrogen functional groups attached to an aromatic ring is 1. The summed E-state index contributed by atoms with van der Waals surface area (Å²) in [6, 6.07) is 7.85. The molecule has 0 atom stereocenters. The Hall–Kier alpha value is -1.66. The Labute approximate surface area is 120 Å². The second kappa shape index (κ2) is 5.54. The van der Waals surface area contributed by atoms with Crippen LogP contribution in [0.3, 0.4) is 0 Å². The minimum absolute atomic E-state index is 0.336. The zero-order valence-corrected chi connectivity index (χ0v) is 12.3. The van der Waals surface area contributed by atoms with Crippen LogP contribution in [-0.4, -0.2) is 17.6 Å². The molecule has 4 nitrogen and oxygen atoms in total. The highest BCUT2D eigenvalue weighted by atomic mass is 32.1. The van der Waals surface area contributed by atoms with Gasteiger partial charge in [0.05, 0.1) is 12.8 Å².